The molecule has 2 rings (SSSR count). The van der Waals surface area contributed by atoms with Crippen molar-refractivity contribution in [3.8, 4) is 5.75 Å². The summed E-state index contributed by atoms with van der Waals surface area (Å²) in [6, 6.07) is 0. The molecule has 2 atom stereocenters. The van der Waals surface area contributed by atoms with Gasteiger partial charge in [0.05, 0.1) is 7.11 Å². The fourth-order valence-corrected chi connectivity index (χ4v) is 2.14. The fraction of sp³-hybridized carbons (Fsp3) is 0.385. The lowest BCUT2D eigenvalue weighted by atomic mass is 10.00. The van der Waals surface area contributed by atoms with Gasteiger partial charge in [0.15, 0.2) is 17.4 Å². The van der Waals surface area contributed by atoms with Gasteiger partial charge in [0.2, 0.25) is 23.4 Å². The van der Waals surface area contributed by atoms with Gasteiger partial charge >= 0.3 is 0 Å². The Labute approximate surface area is 117 Å². The number of halogens is 4. The first-order valence-electron chi connectivity index (χ1n) is 6.01. The molecular formula is C13H11F4NO3. The third kappa shape index (κ3) is 1.97. The Morgan fingerprint density at radius 2 is 1.24 bits per heavy atom. The lowest BCUT2D eigenvalue weighted by Crippen LogP contribution is -2.33. The molecule has 1 aromatic carbocycles. The number of imide groups is 1. The van der Waals surface area contributed by atoms with E-state index in [0.29, 0.717) is 0 Å². The summed E-state index contributed by atoms with van der Waals surface area (Å²) < 4.78 is 59.4. The van der Waals surface area contributed by atoms with Gasteiger partial charge in [-0.3, -0.25) is 9.59 Å². The Morgan fingerprint density at radius 1 is 0.857 bits per heavy atom. The van der Waals surface area contributed by atoms with Crippen LogP contribution in [0.5, 0.6) is 5.75 Å². The van der Waals surface area contributed by atoms with Crippen molar-refractivity contribution < 1.29 is 31.9 Å². The zero-order valence-corrected chi connectivity index (χ0v) is 11.3. The number of nitrogens with zero attached hydrogens (tertiary/aromatic N) is 1. The second-order valence-electron chi connectivity index (χ2n) is 4.73. The summed E-state index contributed by atoms with van der Waals surface area (Å²) in [6.45, 7) is 2.77. The van der Waals surface area contributed by atoms with Crippen LogP contribution in [-0.4, -0.2) is 18.9 Å². The number of ether oxygens (including phenoxy) is 1. The van der Waals surface area contributed by atoms with Gasteiger partial charge in [-0.15, -0.1) is 0 Å². The summed E-state index contributed by atoms with van der Waals surface area (Å²) in [4.78, 5) is 24.0. The second-order valence-corrected chi connectivity index (χ2v) is 4.73. The van der Waals surface area contributed by atoms with Crippen molar-refractivity contribution in [2.24, 2.45) is 11.8 Å². The number of methoxy groups -OCH3 is 1. The molecule has 0 N–H and O–H groups in total. The lowest BCUT2D eigenvalue weighted by Gasteiger charge is -2.18. The summed E-state index contributed by atoms with van der Waals surface area (Å²) in [7, 11) is 0.830. The van der Waals surface area contributed by atoms with E-state index in [1.807, 2.05) is 0 Å². The van der Waals surface area contributed by atoms with Crippen molar-refractivity contribution in [3.05, 3.63) is 23.3 Å². The first-order valence-corrected chi connectivity index (χ1v) is 6.01. The molecule has 1 aromatic rings. The maximum Gasteiger partial charge on any atom is 0.237 e. The highest BCUT2D eigenvalue weighted by atomic mass is 19.2. The number of carbonyl (C=O) groups excluding carboxylic acids is 2. The maximum absolute atomic E-state index is 13.9. The molecule has 1 aliphatic heterocycles. The third-order valence-corrected chi connectivity index (χ3v) is 3.60. The van der Waals surface area contributed by atoms with Crippen molar-refractivity contribution in [1.82, 2.24) is 0 Å². The first-order chi connectivity index (χ1) is 9.73. The molecule has 1 fully saturated rings. The molecule has 0 saturated carbocycles. The third-order valence-electron chi connectivity index (χ3n) is 3.60. The Kier molecular flexibility index (Phi) is 3.65. The van der Waals surface area contributed by atoms with E-state index < -0.39 is 58.4 Å². The monoisotopic (exact) mass is 305 g/mol. The molecule has 0 aliphatic carbocycles. The van der Waals surface area contributed by atoms with Gasteiger partial charge < -0.3 is 4.74 Å². The molecule has 4 nitrogen and oxygen atoms in total. The summed E-state index contributed by atoms with van der Waals surface area (Å²) in [6.07, 6.45) is 0. The Hall–Kier alpha value is -2.12. The van der Waals surface area contributed by atoms with E-state index in [1.54, 1.807) is 0 Å². The van der Waals surface area contributed by atoms with Crippen LogP contribution in [0, 0.1) is 35.1 Å². The number of hydrogen-bond donors (Lipinski definition) is 0. The van der Waals surface area contributed by atoms with E-state index in [-0.39, 0.29) is 4.90 Å². The van der Waals surface area contributed by atoms with Crippen molar-refractivity contribution >= 4 is 17.5 Å². The van der Waals surface area contributed by atoms with Crippen molar-refractivity contribution in [3.63, 3.8) is 0 Å². The topological polar surface area (TPSA) is 46.6 Å². The minimum Gasteiger partial charge on any atom is -0.491 e. The lowest BCUT2D eigenvalue weighted by molar-refractivity contribution is -0.122. The standard InChI is InChI=1S/C13H11F4NO3/c1-4-5(2)13(20)18(12(4)19)10-6(14)8(16)11(21-3)9(17)7(10)15/h4-5H,1-3H3. The van der Waals surface area contributed by atoms with Crippen LogP contribution in [0.1, 0.15) is 13.8 Å². The highest BCUT2D eigenvalue weighted by Crippen LogP contribution is 2.39. The zero-order valence-electron chi connectivity index (χ0n) is 11.3. The molecular weight excluding hydrogens is 294 g/mol. The number of benzene rings is 1. The SMILES string of the molecule is COc1c(F)c(F)c(N2C(=O)C(C)C(C)C2=O)c(F)c1F. The highest BCUT2D eigenvalue weighted by Gasteiger charge is 2.46. The first kappa shape index (κ1) is 15.3. The van der Waals surface area contributed by atoms with Crippen LogP contribution in [0.4, 0.5) is 23.2 Å². The molecule has 1 heterocycles. The van der Waals surface area contributed by atoms with Crippen molar-refractivity contribution in [2.45, 2.75) is 13.8 Å². The number of amides is 2. The Bertz CT molecular complexity index is 598. The second kappa shape index (κ2) is 5.01. The van der Waals surface area contributed by atoms with Crippen LogP contribution in [0.25, 0.3) is 0 Å². The molecule has 1 aliphatic rings. The molecule has 114 valence electrons. The van der Waals surface area contributed by atoms with Crippen LogP contribution in [0.2, 0.25) is 0 Å². The molecule has 0 aromatic heterocycles. The number of anilines is 1. The van der Waals surface area contributed by atoms with Gasteiger partial charge in [-0.2, -0.15) is 8.78 Å². The number of rotatable bonds is 2. The van der Waals surface area contributed by atoms with Crippen LogP contribution >= 0.6 is 0 Å². The minimum atomic E-state index is -1.85. The summed E-state index contributed by atoms with van der Waals surface area (Å²) in [5.74, 6) is -12.1. The zero-order chi connectivity index (χ0) is 16.1. The van der Waals surface area contributed by atoms with Crippen molar-refractivity contribution in [1.29, 1.82) is 0 Å². The number of hydrogen-bond acceptors (Lipinski definition) is 3. The van der Waals surface area contributed by atoms with Crippen LogP contribution in [-0.2, 0) is 9.59 Å². The summed E-state index contributed by atoms with van der Waals surface area (Å²) in [5, 5.41) is 0. The van der Waals surface area contributed by atoms with Gasteiger partial charge in [0, 0.05) is 11.8 Å². The van der Waals surface area contributed by atoms with Gasteiger partial charge in [-0.05, 0) is 0 Å². The molecule has 0 spiro atoms. The largest absolute Gasteiger partial charge is 0.491 e. The quantitative estimate of drug-likeness (QED) is 0.479. The number of carbonyl (C=O) groups is 2. The minimum absolute atomic E-state index is 0.144. The van der Waals surface area contributed by atoms with E-state index in [2.05, 4.69) is 4.74 Å². The average Bonchev–Trinajstić information content (AvgIpc) is 2.64. The molecule has 21 heavy (non-hydrogen) atoms. The van der Waals surface area contributed by atoms with Crippen LogP contribution in [0.3, 0.4) is 0 Å². The summed E-state index contributed by atoms with van der Waals surface area (Å²) >= 11 is 0. The van der Waals surface area contributed by atoms with E-state index in [0.717, 1.165) is 7.11 Å². The van der Waals surface area contributed by atoms with E-state index in [9.17, 15) is 27.2 Å². The van der Waals surface area contributed by atoms with Crippen LogP contribution in [0.15, 0.2) is 0 Å². The van der Waals surface area contributed by atoms with E-state index in [4.69, 9.17) is 0 Å². The predicted molar refractivity (Wildman–Crippen MR) is 63.6 cm³/mol. The molecule has 2 amide bonds. The maximum atomic E-state index is 13.9. The molecule has 8 heteroatoms. The highest BCUT2D eigenvalue weighted by molar-refractivity contribution is 6.21. The molecule has 2 unspecified atom stereocenters. The van der Waals surface area contributed by atoms with Crippen LogP contribution < -0.4 is 9.64 Å². The summed E-state index contributed by atoms with van der Waals surface area (Å²) in [5.41, 5.74) is -1.35. The normalized spacial score (nSPS) is 22.1. The van der Waals surface area contributed by atoms with E-state index in [1.165, 1.54) is 13.8 Å². The smallest absolute Gasteiger partial charge is 0.237 e. The molecule has 1 saturated heterocycles. The predicted octanol–water partition coefficient (Wildman–Crippen LogP) is 2.40. The van der Waals surface area contributed by atoms with Gasteiger partial charge in [0.1, 0.15) is 5.69 Å². The van der Waals surface area contributed by atoms with Gasteiger partial charge in [-0.1, -0.05) is 13.8 Å². The molecule has 0 radical (unpaired) electrons. The molecule has 0 bridgehead atoms. The van der Waals surface area contributed by atoms with Gasteiger partial charge in [0.25, 0.3) is 0 Å². The fourth-order valence-electron chi connectivity index (χ4n) is 2.14. The average molecular weight is 305 g/mol. The Balaban J connectivity index is 2.71. The van der Waals surface area contributed by atoms with E-state index >= 15 is 0 Å². The Morgan fingerprint density at radius 3 is 1.57 bits per heavy atom. The van der Waals surface area contributed by atoms with Gasteiger partial charge in [-0.25, -0.2) is 13.7 Å². The van der Waals surface area contributed by atoms with Crippen molar-refractivity contribution in [2.75, 3.05) is 12.0 Å².